The van der Waals surface area contributed by atoms with Gasteiger partial charge in [-0.3, -0.25) is 14.1 Å². The smallest absolute Gasteiger partial charge is 0.332 e. The standard InChI is InChI=1S/C22H22N4O2/c1-2-3-11-25-21(27)18-12-16-15-8-4-5-9-17(15)24-19(16)20(26(18)22(25)28)14-7-6-10-23-13-14/h4-10,13,20,24,27H,2-3,11-12H2,1H3/t20-/m0/s1. The lowest BCUT2D eigenvalue weighted by molar-refractivity contribution is 0.404. The molecule has 0 fully saturated rings. The van der Waals surface area contributed by atoms with E-state index in [1.165, 1.54) is 4.57 Å². The first-order chi connectivity index (χ1) is 13.7. The number of para-hydroxylation sites is 1. The minimum Gasteiger partial charge on any atom is -0.493 e. The zero-order chi connectivity index (χ0) is 19.3. The summed E-state index contributed by atoms with van der Waals surface area (Å²) in [6.45, 7) is 2.60. The minimum atomic E-state index is -0.332. The second-order valence-corrected chi connectivity index (χ2v) is 7.36. The molecule has 4 heterocycles. The first-order valence-corrected chi connectivity index (χ1v) is 9.73. The molecule has 1 aromatic carbocycles. The van der Waals surface area contributed by atoms with Crippen molar-refractivity contribution in [2.24, 2.45) is 0 Å². The van der Waals surface area contributed by atoms with Crippen LogP contribution in [0.25, 0.3) is 10.9 Å². The third-order valence-electron chi connectivity index (χ3n) is 5.70. The molecule has 5 rings (SSSR count). The molecule has 1 aliphatic rings. The zero-order valence-electron chi connectivity index (χ0n) is 15.7. The highest BCUT2D eigenvalue weighted by atomic mass is 16.3. The van der Waals surface area contributed by atoms with Gasteiger partial charge in [-0.15, -0.1) is 0 Å². The molecule has 6 nitrogen and oxygen atoms in total. The van der Waals surface area contributed by atoms with Crippen molar-refractivity contribution in [1.29, 1.82) is 0 Å². The topological polar surface area (TPSA) is 75.8 Å². The number of aromatic amines is 1. The summed E-state index contributed by atoms with van der Waals surface area (Å²) in [5.74, 6) is 0.0864. The first-order valence-electron chi connectivity index (χ1n) is 9.73. The normalized spacial score (nSPS) is 15.5. The number of hydrogen-bond donors (Lipinski definition) is 2. The van der Waals surface area contributed by atoms with Crippen molar-refractivity contribution in [3.63, 3.8) is 0 Å². The number of pyridine rings is 1. The Morgan fingerprint density at radius 3 is 2.89 bits per heavy atom. The highest BCUT2D eigenvalue weighted by Crippen LogP contribution is 2.40. The number of hydrogen-bond acceptors (Lipinski definition) is 3. The largest absolute Gasteiger partial charge is 0.493 e. The van der Waals surface area contributed by atoms with Crippen LogP contribution in [0.5, 0.6) is 5.88 Å². The SMILES string of the molecule is CCCCn1c(O)c2n(c1=O)[C@@H](c1cccnc1)c1[nH]c3ccccc3c1C2. The van der Waals surface area contributed by atoms with Gasteiger partial charge < -0.3 is 10.1 Å². The molecular formula is C22H22N4O2. The predicted octanol–water partition coefficient (Wildman–Crippen LogP) is 3.57. The van der Waals surface area contributed by atoms with Crippen LogP contribution in [-0.4, -0.2) is 24.2 Å². The molecule has 0 bridgehead atoms. The van der Waals surface area contributed by atoms with E-state index in [1.54, 1.807) is 17.0 Å². The molecule has 0 saturated heterocycles. The molecule has 0 radical (unpaired) electrons. The number of nitrogens with zero attached hydrogens (tertiary/aromatic N) is 3. The highest BCUT2D eigenvalue weighted by Gasteiger charge is 2.35. The van der Waals surface area contributed by atoms with Crippen LogP contribution < -0.4 is 5.69 Å². The van der Waals surface area contributed by atoms with E-state index in [4.69, 9.17) is 0 Å². The Labute approximate surface area is 162 Å². The Morgan fingerprint density at radius 2 is 2.11 bits per heavy atom. The van der Waals surface area contributed by atoms with E-state index < -0.39 is 0 Å². The maximum absolute atomic E-state index is 13.3. The molecule has 0 amide bonds. The van der Waals surface area contributed by atoms with E-state index in [0.717, 1.165) is 40.6 Å². The summed E-state index contributed by atoms with van der Waals surface area (Å²) in [6, 6.07) is 11.7. The fourth-order valence-corrected chi connectivity index (χ4v) is 4.34. The molecule has 6 heteroatoms. The molecule has 2 N–H and O–H groups in total. The quantitative estimate of drug-likeness (QED) is 0.505. The number of rotatable bonds is 4. The molecule has 1 aliphatic heterocycles. The highest BCUT2D eigenvalue weighted by molar-refractivity contribution is 5.86. The number of aromatic hydroxyl groups is 1. The van der Waals surface area contributed by atoms with Gasteiger partial charge in [0.15, 0.2) is 0 Å². The zero-order valence-corrected chi connectivity index (χ0v) is 15.7. The summed E-state index contributed by atoms with van der Waals surface area (Å²) in [4.78, 5) is 21.1. The van der Waals surface area contributed by atoms with Gasteiger partial charge in [0, 0.05) is 42.0 Å². The number of unbranched alkanes of at least 4 members (excludes halogenated alkanes) is 1. The maximum Gasteiger partial charge on any atom is 0.332 e. The Kier molecular flexibility index (Phi) is 3.86. The minimum absolute atomic E-state index is 0.0864. The maximum atomic E-state index is 13.3. The van der Waals surface area contributed by atoms with E-state index in [9.17, 15) is 9.90 Å². The molecule has 142 valence electrons. The van der Waals surface area contributed by atoms with E-state index >= 15 is 0 Å². The van der Waals surface area contributed by atoms with E-state index in [2.05, 4.69) is 23.0 Å². The number of H-pyrrole nitrogens is 1. The Bertz CT molecular complexity index is 1220. The fraction of sp³-hybridized carbons (Fsp3) is 0.273. The molecule has 0 saturated carbocycles. The van der Waals surface area contributed by atoms with Crippen LogP contribution in [0.2, 0.25) is 0 Å². The van der Waals surface area contributed by atoms with Crippen LogP contribution in [0, 0.1) is 0 Å². The summed E-state index contributed by atoms with van der Waals surface area (Å²) < 4.78 is 3.25. The number of benzene rings is 1. The van der Waals surface area contributed by atoms with Gasteiger partial charge in [-0.2, -0.15) is 0 Å². The Morgan fingerprint density at radius 1 is 1.25 bits per heavy atom. The molecule has 1 atom stereocenters. The Balaban J connectivity index is 1.80. The Hall–Kier alpha value is -3.28. The second kappa shape index (κ2) is 6.41. The van der Waals surface area contributed by atoms with Crippen molar-refractivity contribution >= 4 is 10.9 Å². The molecule has 3 aromatic heterocycles. The van der Waals surface area contributed by atoms with Crippen LogP contribution in [0.3, 0.4) is 0 Å². The number of aromatic nitrogens is 4. The molecule has 28 heavy (non-hydrogen) atoms. The van der Waals surface area contributed by atoms with Gasteiger partial charge in [0.05, 0.1) is 5.69 Å². The van der Waals surface area contributed by atoms with Crippen molar-refractivity contribution in [2.75, 3.05) is 0 Å². The lowest BCUT2D eigenvalue weighted by Crippen LogP contribution is -2.32. The van der Waals surface area contributed by atoms with Crippen molar-refractivity contribution < 1.29 is 5.11 Å². The number of fused-ring (bicyclic) bond motifs is 4. The van der Waals surface area contributed by atoms with Crippen molar-refractivity contribution in [2.45, 2.75) is 38.8 Å². The van der Waals surface area contributed by atoms with Gasteiger partial charge >= 0.3 is 5.69 Å². The van der Waals surface area contributed by atoms with Crippen LogP contribution in [0.4, 0.5) is 0 Å². The van der Waals surface area contributed by atoms with Crippen LogP contribution in [0.1, 0.15) is 48.3 Å². The van der Waals surface area contributed by atoms with Crippen molar-refractivity contribution in [3.8, 4) is 5.88 Å². The summed E-state index contributed by atoms with van der Waals surface area (Å²) in [6.07, 6.45) is 5.86. The van der Waals surface area contributed by atoms with Gasteiger partial charge in [0.1, 0.15) is 6.04 Å². The summed E-state index contributed by atoms with van der Waals surface area (Å²) >= 11 is 0. The van der Waals surface area contributed by atoms with Crippen molar-refractivity contribution in [1.82, 2.24) is 19.1 Å². The van der Waals surface area contributed by atoms with Crippen molar-refractivity contribution in [3.05, 3.63) is 81.8 Å². The third-order valence-corrected chi connectivity index (χ3v) is 5.70. The van der Waals surface area contributed by atoms with Crippen LogP contribution in [-0.2, 0) is 13.0 Å². The van der Waals surface area contributed by atoms with Gasteiger partial charge in [-0.25, -0.2) is 4.79 Å². The van der Waals surface area contributed by atoms with Crippen LogP contribution in [0.15, 0.2) is 53.6 Å². The molecular weight excluding hydrogens is 352 g/mol. The first kappa shape index (κ1) is 16.9. The summed E-state index contributed by atoms with van der Waals surface area (Å²) in [5, 5.41) is 12.0. The van der Waals surface area contributed by atoms with Crippen LogP contribution >= 0.6 is 0 Å². The summed E-state index contributed by atoms with van der Waals surface area (Å²) in [7, 11) is 0. The van der Waals surface area contributed by atoms with E-state index in [-0.39, 0.29) is 17.6 Å². The molecule has 0 unspecified atom stereocenters. The molecule has 0 aliphatic carbocycles. The third kappa shape index (κ3) is 2.34. The summed E-state index contributed by atoms with van der Waals surface area (Å²) in [5.41, 5.74) is 4.60. The van der Waals surface area contributed by atoms with Gasteiger partial charge in [-0.05, 0) is 29.7 Å². The lowest BCUT2D eigenvalue weighted by Gasteiger charge is -2.25. The van der Waals surface area contributed by atoms with Gasteiger partial charge in [-0.1, -0.05) is 37.6 Å². The molecule has 0 spiro atoms. The van der Waals surface area contributed by atoms with E-state index in [1.807, 2.05) is 30.3 Å². The number of imidazole rings is 1. The second-order valence-electron chi connectivity index (χ2n) is 7.36. The lowest BCUT2D eigenvalue weighted by atomic mass is 9.94. The van der Waals surface area contributed by atoms with E-state index in [0.29, 0.717) is 18.7 Å². The van der Waals surface area contributed by atoms with Gasteiger partial charge in [0.2, 0.25) is 5.88 Å². The van der Waals surface area contributed by atoms with Gasteiger partial charge in [0.25, 0.3) is 0 Å². The average molecular weight is 374 g/mol. The molecule has 4 aromatic rings. The fourth-order valence-electron chi connectivity index (χ4n) is 4.34. The monoisotopic (exact) mass is 374 g/mol. The number of nitrogens with one attached hydrogen (secondary N) is 1. The average Bonchev–Trinajstić information content (AvgIpc) is 3.21. The predicted molar refractivity (Wildman–Crippen MR) is 108 cm³/mol.